The van der Waals surface area contributed by atoms with Gasteiger partial charge in [0.15, 0.2) is 5.03 Å². The fourth-order valence-electron chi connectivity index (χ4n) is 4.51. The third-order valence-electron chi connectivity index (χ3n) is 6.27. The van der Waals surface area contributed by atoms with E-state index in [1.54, 1.807) is 29.6 Å². The zero-order chi connectivity index (χ0) is 23.2. The van der Waals surface area contributed by atoms with Gasteiger partial charge in [-0.2, -0.15) is 5.10 Å². The Morgan fingerprint density at radius 1 is 1.06 bits per heavy atom. The van der Waals surface area contributed by atoms with E-state index in [9.17, 15) is 8.42 Å². The summed E-state index contributed by atoms with van der Waals surface area (Å²) in [6.07, 6.45) is 0.941. The molecule has 6 nitrogen and oxygen atoms in total. The first-order valence-electron chi connectivity index (χ1n) is 11.1. The molecule has 0 unspecified atom stereocenters. The third kappa shape index (κ3) is 3.76. The highest BCUT2D eigenvalue weighted by molar-refractivity contribution is 7.91. The molecule has 0 bridgehead atoms. The SMILES string of the molecule is Cc1cccc(OCc2ccccc2)c1S(=O)(=O)c1cc2ccc3c(n2n1)C(C)(C)CCN3. The van der Waals surface area contributed by atoms with E-state index in [0.29, 0.717) is 11.3 Å². The second kappa shape index (κ2) is 7.92. The Bertz CT molecular complexity index is 1440. The number of pyridine rings is 1. The lowest BCUT2D eigenvalue weighted by Crippen LogP contribution is -2.31. The van der Waals surface area contributed by atoms with Crippen molar-refractivity contribution in [2.45, 2.75) is 49.1 Å². The molecule has 0 spiro atoms. The van der Waals surface area contributed by atoms with E-state index in [-0.39, 0.29) is 21.9 Å². The number of fused-ring (bicyclic) bond motifs is 3. The first-order chi connectivity index (χ1) is 15.8. The van der Waals surface area contributed by atoms with Crippen molar-refractivity contribution in [2.24, 2.45) is 0 Å². The van der Waals surface area contributed by atoms with Crippen molar-refractivity contribution in [1.82, 2.24) is 9.61 Å². The van der Waals surface area contributed by atoms with Gasteiger partial charge in [0.25, 0.3) is 0 Å². The van der Waals surface area contributed by atoms with Crippen molar-refractivity contribution < 1.29 is 13.2 Å². The van der Waals surface area contributed by atoms with E-state index >= 15 is 0 Å². The molecule has 0 saturated heterocycles. The molecule has 0 atom stereocenters. The van der Waals surface area contributed by atoms with Crippen LogP contribution in [0, 0.1) is 6.92 Å². The fraction of sp³-hybridized carbons (Fsp3) is 0.269. The van der Waals surface area contributed by atoms with Crippen LogP contribution in [0.2, 0.25) is 0 Å². The van der Waals surface area contributed by atoms with Crippen LogP contribution >= 0.6 is 0 Å². The van der Waals surface area contributed by atoms with Crippen molar-refractivity contribution >= 4 is 21.0 Å². The van der Waals surface area contributed by atoms with E-state index in [4.69, 9.17) is 4.74 Å². The molecule has 1 N–H and O–H groups in total. The van der Waals surface area contributed by atoms with Gasteiger partial charge in [-0.05, 0) is 42.7 Å². The van der Waals surface area contributed by atoms with Gasteiger partial charge in [0, 0.05) is 18.0 Å². The highest BCUT2D eigenvalue weighted by Gasteiger charge is 2.33. The molecule has 2 aromatic carbocycles. The average Bonchev–Trinajstić information content (AvgIpc) is 3.23. The van der Waals surface area contributed by atoms with Crippen LogP contribution in [0.1, 0.15) is 37.1 Å². The van der Waals surface area contributed by atoms with E-state index in [2.05, 4.69) is 24.3 Å². The molecule has 3 heterocycles. The van der Waals surface area contributed by atoms with Crippen molar-refractivity contribution in [3.05, 3.63) is 83.6 Å². The number of anilines is 1. The molecule has 0 fully saturated rings. The Morgan fingerprint density at radius 3 is 2.64 bits per heavy atom. The molecule has 4 aromatic rings. The van der Waals surface area contributed by atoms with Crippen molar-refractivity contribution in [2.75, 3.05) is 11.9 Å². The molecule has 1 aliphatic rings. The number of benzene rings is 2. The van der Waals surface area contributed by atoms with Crippen LogP contribution in [0.25, 0.3) is 5.52 Å². The molecule has 5 rings (SSSR count). The largest absolute Gasteiger partial charge is 0.488 e. The van der Waals surface area contributed by atoms with Crippen molar-refractivity contribution in [1.29, 1.82) is 0 Å². The van der Waals surface area contributed by atoms with E-state index < -0.39 is 9.84 Å². The lowest BCUT2D eigenvalue weighted by atomic mass is 9.82. The van der Waals surface area contributed by atoms with Gasteiger partial charge in [0.05, 0.1) is 16.9 Å². The fourth-order valence-corrected chi connectivity index (χ4v) is 6.07. The molecule has 0 amide bonds. The Labute approximate surface area is 194 Å². The number of rotatable bonds is 5. The van der Waals surface area contributed by atoms with Gasteiger partial charge in [-0.1, -0.05) is 56.3 Å². The summed E-state index contributed by atoms with van der Waals surface area (Å²) in [5.74, 6) is 0.333. The molecule has 1 aliphatic heterocycles. The summed E-state index contributed by atoms with van der Waals surface area (Å²) in [6.45, 7) is 7.28. The maximum Gasteiger partial charge on any atom is 0.229 e. The molecular formula is C26H27N3O3S. The minimum Gasteiger partial charge on any atom is -0.488 e. The topological polar surface area (TPSA) is 72.7 Å². The minimum atomic E-state index is -3.91. The van der Waals surface area contributed by atoms with Crippen LogP contribution in [0.5, 0.6) is 5.75 Å². The third-order valence-corrected chi connectivity index (χ3v) is 8.08. The normalized spacial score (nSPS) is 15.1. The Kier molecular flexibility index (Phi) is 5.16. The molecule has 2 aromatic heterocycles. The summed E-state index contributed by atoms with van der Waals surface area (Å²) in [7, 11) is -3.91. The van der Waals surface area contributed by atoms with Gasteiger partial charge in [0.2, 0.25) is 9.84 Å². The summed E-state index contributed by atoms with van der Waals surface area (Å²) < 4.78 is 35.4. The lowest BCUT2D eigenvalue weighted by Gasteiger charge is -2.33. The summed E-state index contributed by atoms with van der Waals surface area (Å²) in [5, 5.41) is 8.04. The monoisotopic (exact) mass is 461 g/mol. The predicted octanol–water partition coefficient (Wildman–Crippen LogP) is 5.15. The Morgan fingerprint density at radius 2 is 1.85 bits per heavy atom. The first-order valence-corrected chi connectivity index (χ1v) is 12.5. The van der Waals surface area contributed by atoms with Crippen LogP contribution in [0.15, 0.2) is 76.7 Å². The highest BCUT2D eigenvalue weighted by atomic mass is 32.2. The molecule has 170 valence electrons. The number of hydrogen-bond donors (Lipinski definition) is 1. The van der Waals surface area contributed by atoms with Gasteiger partial charge in [-0.25, -0.2) is 12.9 Å². The van der Waals surface area contributed by atoms with E-state index in [1.165, 1.54) is 0 Å². The number of ether oxygens (including phenoxy) is 1. The molecule has 0 radical (unpaired) electrons. The molecular weight excluding hydrogens is 434 g/mol. The van der Waals surface area contributed by atoms with Gasteiger partial charge in [0.1, 0.15) is 17.3 Å². The summed E-state index contributed by atoms with van der Waals surface area (Å²) >= 11 is 0. The van der Waals surface area contributed by atoms with Crippen LogP contribution < -0.4 is 10.1 Å². The highest BCUT2D eigenvalue weighted by Crippen LogP contribution is 2.38. The van der Waals surface area contributed by atoms with Gasteiger partial charge < -0.3 is 10.1 Å². The summed E-state index contributed by atoms with van der Waals surface area (Å²) in [4.78, 5) is 0.163. The smallest absolute Gasteiger partial charge is 0.229 e. The number of aromatic nitrogens is 2. The van der Waals surface area contributed by atoms with Gasteiger partial charge >= 0.3 is 0 Å². The summed E-state index contributed by atoms with van der Waals surface area (Å²) in [6, 6.07) is 20.6. The maximum absolute atomic E-state index is 13.8. The lowest BCUT2D eigenvalue weighted by molar-refractivity contribution is 0.297. The molecule has 7 heteroatoms. The van der Waals surface area contributed by atoms with Gasteiger partial charge in [-0.3, -0.25) is 0 Å². The minimum absolute atomic E-state index is 0.0242. The average molecular weight is 462 g/mol. The molecule has 0 aliphatic carbocycles. The van der Waals surface area contributed by atoms with Crippen molar-refractivity contribution in [3.63, 3.8) is 0 Å². The van der Waals surface area contributed by atoms with Gasteiger partial charge in [-0.15, -0.1) is 0 Å². The summed E-state index contributed by atoms with van der Waals surface area (Å²) in [5.41, 5.74) is 4.22. The Hall–Kier alpha value is -3.32. The zero-order valence-electron chi connectivity index (χ0n) is 19.0. The number of aryl methyl sites for hydroxylation is 1. The number of hydrogen-bond acceptors (Lipinski definition) is 5. The van der Waals surface area contributed by atoms with Crippen molar-refractivity contribution in [3.8, 4) is 5.75 Å². The predicted molar refractivity (Wildman–Crippen MR) is 129 cm³/mol. The Balaban J connectivity index is 1.60. The van der Waals surface area contributed by atoms with Crippen LogP contribution in [-0.4, -0.2) is 24.6 Å². The van der Waals surface area contributed by atoms with E-state index in [0.717, 1.165) is 35.4 Å². The molecule has 0 saturated carbocycles. The zero-order valence-corrected chi connectivity index (χ0v) is 19.8. The quantitative estimate of drug-likeness (QED) is 0.445. The van der Waals surface area contributed by atoms with Crippen LogP contribution in [-0.2, 0) is 21.9 Å². The first kappa shape index (κ1) is 21.5. The second-order valence-electron chi connectivity index (χ2n) is 9.16. The number of nitrogens with one attached hydrogen (secondary N) is 1. The molecule has 33 heavy (non-hydrogen) atoms. The standard InChI is InChI=1S/C26H27N3O3S/c1-18-8-7-11-22(32-17-19-9-5-4-6-10-19)24(18)33(30,31)23-16-20-12-13-21-25(29(20)28-23)26(2,3)14-15-27-21/h4-13,16,27H,14-15,17H2,1-3H3. The number of nitrogens with zero attached hydrogens (tertiary/aromatic N) is 2. The maximum atomic E-state index is 13.8. The van der Waals surface area contributed by atoms with Crippen LogP contribution in [0.3, 0.4) is 0 Å². The second-order valence-corrected chi connectivity index (χ2v) is 11.0. The number of sulfone groups is 1. The van der Waals surface area contributed by atoms with E-state index in [1.807, 2.05) is 48.5 Å². The van der Waals surface area contributed by atoms with Crippen LogP contribution in [0.4, 0.5) is 5.69 Å².